The molecule has 1 amide bonds. The Morgan fingerprint density at radius 2 is 1.76 bits per heavy atom. The number of cyclic esters (lactones) is 2. The van der Waals surface area contributed by atoms with Gasteiger partial charge in [-0.15, -0.1) is 0 Å². The molecule has 0 bridgehead atoms. The van der Waals surface area contributed by atoms with Crippen molar-refractivity contribution in [3.63, 3.8) is 0 Å². The number of esters is 2. The lowest BCUT2D eigenvalue weighted by atomic mass is 9.78. The number of nitrogens with one attached hydrogen (secondary N) is 1. The predicted molar refractivity (Wildman–Crippen MR) is 152 cm³/mol. The fourth-order valence-corrected chi connectivity index (χ4v) is 4.72. The van der Waals surface area contributed by atoms with E-state index < -0.39 is 48.7 Å². The molecule has 2 heterocycles. The maximum Gasteiger partial charge on any atom is 0.514 e. The van der Waals surface area contributed by atoms with Crippen LogP contribution in [0.25, 0.3) is 0 Å². The molecule has 1 saturated heterocycles. The van der Waals surface area contributed by atoms with Crippen LogP contribution in [-0.2, 0) is 30.2 Å². The smallest absolute Gasteiger partial charge is 0.493 e. The lowest BCUT2D eigenvalue weighted by Crippen LogP contribution is -2.46. The van der Waals surface area contributed by atoms with Crippen molar-refractivity contribution in [1.82, 2.24) is 10.3 Å². The van der Waals surface area contributed by atoms with Gasteiger partial charge in [0.2, 0.25) is 5.75 Å². The molecule has 4 atom stereocenters. The Morgan fingerprint density at radius 3 is 2.40 bits per heavy atom. The molecular formula is C31H40N2O9. The number of hydrogen-bond acceptors (Lipinski definition) is 10. The van der Waals surface area contributed by atoms with Crippen LogP contribution in [0.5, 0.6) is 11.5 Å². The first-order valence-corrected chi connectivity index (χ1v) is 14.1. The monoisotopic (exact) mass is 584 g/mol. The summed E-state index contributed by atoms with van der Waals surface area (Å²) in [5, 5.41) is 2.52. The van der Waals surface area contributed by atoms with E-state index in [9.17, 15) is 19.2 Å². The van der Waals surface area contributed by atoms with E-state index in [-0.39, 0.29) is 41.6 Å². The van der Waals surface area contributed by atoms with E-state index in [2.05, 4.69) is 10.3 Å². The number of benzene rings is 1. The Bertz CT molecular complexity index is 1230. The molecule has 1 fully saturated rings. The van der Waals surface area contributed by atoms with Crippen LogP contribution in [0.3, 0.4) is 0 Å². The standard InChI is InChI=1S/C31H40N2O9/c1-18(2)14-22-20(5)41-30(36)24(17-39-29(35)23(22)15-21-10-8-7-9-11-21)33-28(34)26-27(25(38-6)12-13-32-26)42-31(37)40-16-19(3)4/h7-13,18-20,22-24H,14-17H2,1-6H3,(H,33,34)/t20-,22-,23+,24-/m0/s1. The molecule has 2 aromatic rings. The molecule has 1 aliphatic rings. The average Bonchev–Trinajstić information content (AvgIpc) is 2.98. The van der Waals surface area contributed by atoms with Gasteiger partial charge < -0.3 is 29.0 Å². The first-order valence-electron chi connectivity index (χ1n) is 14.1. The van der Waals surface area contributed by atoms with Gasteiger partial charge in [-0.1, -0.05) is 58.0 Å². The first-order chi connectivity index (χ1) is 20.0. The van der Waals surface area contributed by atoms with Crippen LogP contribution in [-0.4, -0.2) is 61.5 Å². The van der Waals surface area contributed by atoms with Crippen molar-refractivity contribution in [3.8, 4) is 11.5 Å². The van der Waals surface area contributed by atoms with E-state index in [4.69, 9.17) is 23.7 Å². The molecule has 0 aliphatic carbocycles. The molecule has 3 rings (SSSR count). The molecule has 1 N–H and O–H groups in total. The van der Waals surface area contributed by atoms with Crippen molar-refractivity contribution in [3.05, 3.63) is 53.9 Å². The molecule has 11 heteroatoms. The zero-order chi connectivity index (χ0) is 30.8. The highest BCUT2D eigenvalue weighted by atomic mass is 16.7. The molecular weight excluding hydrogens is 544 g/mol. The quantitative estimate of drug-likeness (QED) is 0.316. The summed E-state index contributed by atoms with van der Waals surface area (Å²) in [6, 6.07) is 9.63. The highest BCUT2D eigenvalue weighted by Gasteiger charge is 2.40. The number of carbonyl (C=O) groups excluding carboxylic acids is 4. The van der Waals surface area contributed by atoms with Crippen LogP contribution < -0.4 is 14.8 Å². The van der Waals surface area contributed by atoms with Gasteiger partial charge in [-0.2, -0.15) is 0 Å². The SMILES string of the molecule is COc1ccnc(C(=O)N[C@H]2COC(=O)[C@H](Cc3ccccc3)[C@@H](CC(C)C)[C@H](C)OC2=O)c1OC(=O)OCC(C)C. The highest BCUT2D eigenvalue weighted by molar-refractivity contribution is 5.98. The molecule has 11 nitrogen and oxygen atoms in total. The summed E-state index contributed by atoms with van der Waals surface area (Å²) in [6.45, 7) is 9.18. The van der Waals surface area contributed by atoms with Gasteiger partial charge in [0.15, 0.2) is 17.5 Å². The van der Waals surface area contributed by atoms with E-state index in [0.717, 1.165) is 5.56 Å². The Morgan fingerprint density at radius 1 is 1.05 bits per heavy atom. The van der Waals surface area contributed by atoms with Crippen LogP contribution in [0.4, 0.5) is 4.79 Å². The summed E-state index contributed by atoms with van der Waals surface area (Å²) in [5.41, 5.74) is 0.627. The molecule has 228 valence electrons. The molecule has 1 aliphatic heterocycles. The Hall–Kier alpha value is -4.15. The fourth-order valence-electron chi connectivity index (χ4n) is 4.72. The molecule has 1 aromatic heterocycles. The van der Waals surface area contributed by atoms with Crippen molar-refractivity contribution in [2.24, 2.45) is 23.7 Å². The summed E-state index contributed by atoms with van der Waals surface area (Å²) in [4.78, 5) is 56.3. The van der Waals surface area contributed by atoms with Crippen LogP contribution in [0, 0.1) is 23.7 Å². The Labute approximate surface area is 246 Å². The van der Waals surface area contributed by atoms with Crippen molar-refractivity contribution in [2.75, 3.05) is 20.3 Å². The summed E-state index contributed by atoms with van der Waals surface area (Å²) < 4.78 is 27.0. The highest BCUT2D eigenvalue weighted by Crippen LogP contribution is 2.32. The van der Waals surface area contributed by atoms with Crippen molar-refractivity contribution < 1.29 is 42.9 Å². The Kier molecular flexibility index (Phi) is 11.7. The number of nitrogens with zero attached hydrogens (tertiary/aromatic N) is 1. The number of amides is 1. The van der Waals surface area contributed by atoms with E-state index in [1.54, 1.807) is 6.92 Å². The van der Waals surface area contributed by atoms with Crippen LogP contribution in [0.15, 0.2) is 42.6 Å². The minimum atomic E-state index is -1.34. The molecule has 0 spiro atoms. The minimum Gasteiger partial charge on any atom is -0.493 e. The van der Waals surface area contributed by atoms with Gasteiger partial charge in [-0.3, -0.25) is 9.59 Å². The van der Waals surface area contributed by atoms with Crippen molar-refractivity contribution in [1.29, 1.82) is 0 Å². The Balaban J connectivity index is 1.84. The van der Waals surface area contributed by atoms with Gasteiger partial charge in [0, 0.05) is 18.2 Å². The molecule has 1 aromatic carbocycles. The lowest BCUT2D eigenvalue weighted by Gasteiger charge is -2.30. The van der Waals surface area contributed by atoms with E-state index in [1.807, 2.05) is 58.0 Å². The van der Waals surface area contributed by atoms with Crippen molar-refractivity contribution >= 4 is 24.0 Å². The average molecular weight is 585 g/mol. The number of pyridine rings is 1. The maximum atomic E-state index is 13.4. The number of ether oxygens (including phenoxy) is 5. The predicted octanol–water partition coefficient (Wildman–Crippen LogP) is 4.37. The van der Waals surface area contributed by atoms with Crippen LogP contribution >= 0.6 is 0 Å². The third kappa shape index (κ3) is 8.92. The number of hydrogen-bond donors (Lipinski definition) is 1. The summed E-state index contributed by atoms with van der Waals surface area (Å²) >= 11 is 0. The van der Waals surface area contributed by atoms with Crippen LogP contribution in [0.1, 0.15) is 57.1 Å². The summed E-state index contributed by atoms with van der Waals surface area (Å²) in [7, 11) is 1.33. The zero-order valence-corrected chi connectivity index (χ0v) is 25.0. The normalized spacial score (nSPS) is 21.0. The van der Waals surface area contributed by atoms with Gasteiger partial charge in [-0.25, -0.2) is 14.6 Å². The second kappa shape index (κ2) is 15.2. The fraction of sp³-hybridized carbons (Fsp3) is 0.516. The third-order valence-electron chi connectivity index (χ3n) is 6.77. The number of rotatable bonds is 10. The van der Waals surface area contributed by atoms with E-state index in [1.165, 1.54) is 19.4 Å². The van der Waals surface area contributed by atoms with Crippen molar-refractivity contribution in [2.45, 2.75) is 59.6 Å². The molecule has 0 radical (unpaired) electrons. The summed E-state index contributed by atoms with van der Waals surface area (Å²) in [5.74, 6) is -2.94. The summed E-state index contributed by atoms with van der Waals surface area (Å²) in [6.07, 6.45) is 0.642. The molecule has 42 heavy (non-hydrogen) atoms. The van der Waals surface area contributed by atoms with Gasteiger partial charge in [0.05, 0.1) is 19.6 Å². The maximum absolute atomic E-state index is 13.4. The number of carbonyl (C=O) groups is 4. The second-order valence-corrected chi connectivity index (χ2v) is 11.1. The van der Waals surface area contributed by atoms with Crippen LogP contribution in [0.2, 0.25) is 0 Å². The van der Waals surface area contributed by atoms with Gasteiger partial charge in [-0.05, 0) is 37.2 Å². The number of aromatic nitrogens is 1. The van der Waals surface area contributed by atoms with Gasteiger partial charge in [0.1, 0.15) is 12.7 Å². The minimum absolute atomic E-state index is 0.0500. The second-order valence-electron chi connectivity index (χ2n) is 11.1. The third-order valence-corrected chi connectivity index (χ3v) is 6.77. The zero-order valence-electron chi connectivity index (χ0n) is 25.0. The largest absolute Gasteiger partial charge is 0.514 e. The van der Waals surface area contributed by atoms with Gasteiger partial charge in [0.25, 0.3) is 5.91 Å². The molecule has 0 saturated carbocycles. The molecule has 0 unspecified atom stereocenters. The van der Waals surface area contributed by atoms with E-state index >= 15 is 0 Å². The van der Waals surface area contributed by atoms with Gasteiger partial charge >= 0.3 is 18.1 Å². The topological polar surface area (TPSA) is 139 Å². The number of methoxy groups -OCH3 is 1. The first kappa shape index (κ1) is 32.4. The van der Waals surface area contributed by atoms with E-state index in [0.29, 0.717) is 12.8 Å². The lowest BCUT2D eigenvalue weighted by molar-refractivity contribution is -0.154.